The quantitative estimate of drug-likeness (QED) is 0.894. The molecule has 2 fully saturated rings. The molecule has 132 valence electrons. The van der Waals surface area contributed by atoms with Crippen molar-refractivity contribution in [1.29, 1.82) is 0 Å². The minimum absolute atomic E-state index is 0.00969. The van der Waals surface area contributed by atoms with E-state index >= 15 is 0 Å². The van der Waals surface area contributed by atoms with E-state index in [1.165, 1.54) is 19.3 Å². The fourth-order valence-electron chi connectivity index (χ4n) is 3.58. The Kier molecular flexibility index (Phi) is 5.37. The van der Waals surface area contributed by atoms with Crippen molar-refractivity contribution in [2.24, 2.45) is 7.05 Å². The number of nitrogens with one attached hydrogen (secondary N) is 1. The summed E-state index contributed by atoms with van der Waals surface area (Å²) in [6, 6.07) is 2.08. The number of amides is 3. The van der Waals surface area contributed by atoms with Gasteiger partial charge in [-0.2, -0.15) is 5.10 Å². The van der Waals surface area contributed by atoms with Gasteiger partial charge in [0.25, 0.3) is 5.91 Å². The monoisotopic (exact) mass is 333 g/mol. The summed E-state index contributed by atoms with van der Waals surface area (Å²) in [4.78, 5) is 28.7. The van der Waals surface area contributed by atoms with Crippen LogP contribution in [0.15, 0.2) is 12.3 Å². The predicted molar refractivity (Wildman–Crippen MR) is 90.7 cm³/mol. The van der Waals surface area contributed by atoms with Crippen LogP contribution < -0.4 is 5.32 Å². The van der Waals surface area contributed by atoms with Gasteiger partial charge in [-0.15, -0.1) is 0 Å². The summed E-state index contributed by atoms with van der Waals surface area (Å²) in [6.45, 7) is 2.54. The van der Waals surface area contributed by atoms with Gasteiger partial charge in [0.15, 0.2) is 0 Å². The number of nitrogens with zero attached hydrogens (tertiary/aromatic N) is 4. The van der Waals surface area contributed by atoms with E-state index in [2.05, 4.69) is 10.4 Å². The van der Waals surface area contributed by atoms with Gasteiger partial charge in [-0.1, -0.05) is 19.3 Å². The molecule has 24 heavy (non-hydrogen) atoms. The van der Waals surface area contributed by atoms with Crippen molar-refractivity contribution in [2.75, 3.05) is 26.2 Å². The summed E-state index contributed by atoms with van der Waals surface area (Å²) in [5, 5.41) is 7.23. The van der Waals surface area contributed by atoms with E-state index < -0.39 is 0 Å². The molecule has 0 aromatic carbocycles. The second-order valence-electron chi connectivity index (χ2n) is 6.76. The Morgan fingerprint density at radius 1 is 1.04 bits per heavy atom. The van der Waals surface area contributed by atoms with E-state index in [4.69, 9.17) is 0 Å². The Labute approximate surface area is 143 Å². The molecule has 1 N–H and O–H groups in total. The van der Waals surface area contributed by atoms with Crippen LogP contribution in [-0.4, -0.2) is 63.7 Å². The molecule has 3 amide bonds. The average Bonchev–Trinajstić information content (AvgIpc) is 2.87. The van der Waals surface area contributed by atoms with Crippen molar-refractivity contribution in [2.45, 2.75) is 44.6 Å². The van der Waals surface area contributed by atoms with Gasteiger partial charge < -0.3 is 15.1 Å². The number of hydrogen-bond acceptors (Lipinski definition) is 3. The van der Waals surface area contributed by atoms with Crippen LogP contribution in [0, 0.1) is 0 Å². The zero-order valence-corrected chi connectivity index (χ0v) is 14.4. The molecule has 0 spiro atoms. The van der Waals surface area contributed by atoms with Gasteiger partial charge in [0.2, 0.25) is 0 Å². The summed E-state index contributed by atoms with van der Waals surface area (Å²) < 4.78 is 1.60. The third kappa shape index (κ3) is 3.88. The molecule has 1 aliphatic heterocycles. The first kappa shape index (κ1) is 16.8. The maximum Gasteiger partial charge on any atom is 0.317 e. The van der Waals surface area contributed by atoms with Crippen LogP contribution in [0.5, 0.6) is 0 Å². The smallest absolute Gasteiger partial charge is 0.317 e. The molecule has 3 rings (SSSR count). The largest absolute Gasteiger partial charge is 0.335 e. The molecule has 0 unspecified atom stereocenters. The van der Waals surface area contributed by atoms with E-state index in [1.807, 2.05) is 9.80 Å². The van der Waals surface area contributed by atoms with Crippen LogP contribution in [0.4, 0.5) is 4.79 Å². The highest BCUT2D eigenvalue weighted by Crippen LogP contribution is 2.18. The maximum absolute atomic E-state index is 12.6. The minimum Gasteiger partial charge on any atom is -0.335 e. The lowest BCUT2D eigenvalue weighted by Crippen LogP contribution is -2.47. The van der Waals surface area contributed by atoms with Gasteiger partial charge in [-0.05, 0) is 25.3 Å². The maximum atomic E-state index is 12.6. The number of carbonyl (C=O) groups is 2. The van der Waals surface area contributed by atoms with Crippen molar-refractivity contribution >= 4 is 11.9 Å². The number of rotatable bonds is 2. The van der Waals surface area contributed by atoms with Gasteiger partial charge >= 0.3 is 6.03 Å². The van der Waals surface area contributed by atoms with Gasteiger partial charge in [0.05, 0.1) is 0 Å². The van der Waals surface area contributed by atoms with Crippen LogP contribution >= 0.6 is 0 Å². The van der Waals surface area contributed by atoms with Gasteiger partial charge in [-0.25, -0.2) is 4.79 Å². The Morgan fingerprint density at radius 2 is 1.75 bits per heavy atom. The number of aryl methyl sites for hydroxylation is 1. The average molecular weight is 333 g/mol. The SMILES string of the molecule is Cn1nccc1C(=O)N1CCCN(C(=O)NC2CCCCC2)CC1. The van der Waals surface area contributed by atoms with E-state index in [9.17, 15) is 9.59 Å². The molecule has 1 saturated carbocycles. The lowest BCUT2D eigenvalue weighted by molar-refractivity contribution is 0.0751. The van der Waals surface area contributed by atoms with Crippen LogP contribution in [-0.2, 0) is 7.05 Å². The Hall–Kier alpha value is -2.05. The summed E-state index contributed by atoms with van der Waals surface area (Å²) >= 11 is 0. The second kappa shape index (κ2) is 7.68. The molecule has 2 aliphatic rings. The molecule has 7 heteroatoms. The minimum atomic E-state index is -0.00969. The fraction of sp³-hybridized carbons (Fsp3) is 0.706. The lowest BCUT2D eigenvalue weighted by atomic mass is 9.96. The molecule has 1 aromatic rings. The Bertz CT molecular complexity index is 579. The number of carbonyl (C=O) groups excluding carboxylic acids is 2. The first-order chi connectivity index (χ1) is 11.6. The molecular formula is C17H27N5O2. The topological polar surface area (TPSA) is 70.5 Å². The highest BCUT2D eigenvalue weighted by Gasteiger charge is 2.25. The van der Waals surface area contributed by atoms with Crippen LogP contribution in [0.25, 0.3) is 0 Å². The lowest BCUT2D eigenvalue weighted by Gasteiger charge is -2.27. The normalized spacial score (nSPS) is 19.9. The zero-order chi connectivity index (χ0) is 16.9. The van der Waals surface area contributed by atoms with E-state index in [1.54, 1.807) is 24.0 Å². The van der Waals surface area contributed by atoms with Crippen molar-refractivity contribution in [3.05, 3.63) is 18.0 Å². The number of hydrogen-bond donors (Lipinski definition) is 1. The summed E-state index contributed by atoms with van der Waals surface area (Å²) in [5.74, 6) is -0.00969. The highest BCUT2D eigenvalue weighted by molar-refractivity contribution is 5.92. The van der Waals surface area contributed by atoms with Crippen molar-refractivity contribution in [3.63, 3.8) is 0 Å². The number of urea groups is 1. The summed E-state index contributed by atoms with van der Waals surface area (Å²) in [6.07, 6.45) is 8.31. The second-order valence-corrected chi connectivity index (χ2v) is 6.76. The Morgan fingerprint density at radius 3 is 2.46 bits per heavy atom. The molecule has 0 radical (unpaired) electrons. The summed E-state index contributed by atoms with van der Waals surface area (Å²) in [5.41, 5.74) is 0.593. The van der Waals surface area contributed by atoms with Gasteiger partial charge in [0, 0.05) is 45.5 Å². The van der Waals surface area contributed by atoms with Gasteiger partial charge in [0.1, 0.15) is 5.69 Å². The molecule has 0 bridgehead atoms. The van der Waals surface area contributed by atoms with E-state index in [0.29, 0.717) is 37.9 Å². The van der Waals surface area contributed by atoms with Crippen molar-refractivity contribution in [3.8, 4) is 0 Å². The molecule has 0 atom stereocenters. The van der Waals surface area contributed by atoms with Crippen LogP contribution in [0.3, 0.4) is 0 Å². The standard InChI is InChI=1S/C17H27N5O2/c1-20-15(8-9-18-20)16(23)21-10-5-11-22(13-12-21)17(24)19-14-6-3-2-4-7-14/h8-9,14H,2-7,10-13H2,1H3,(H,19,24). The first-order valence-electron chi connectivity index (χ1n) is 8.98. The molecule has 7 nitrogen and oxygen atoms in total. The highest BCUT2D eigenvalue weighted by atomic mass is 16.2. The van der Waals surface area contributed by atoms with Crippen LogP contribution in [0.1, 0.15) is 49.0 Å². The van der Waals surface area contributed by atoms with E-state index in [-0.39, 0.29) is 11.9 Å². The molecule has 1 aromatic heterocycles. The third-order valence-corrected chi connectivity index (χ3v) is 5.04. The first-order valence-corrected chi connectivity index (χ1v) is 8.98. The van der Waals surface area contributed by atoms with Crippen molar-refractivity contribution < 1.29 is 9.59 Å². The van der Waals surface area contributed by atoms with Crippen LogP contribution in [0.2, 0.25) is 0 Å². The number of aromatic nitrogens is 2. The summed E-state index contributed by atoms with van der Waals surface area (Å²) in [7, 11) is 1.77. The Balaban J connectivity index is 1.53. The molecule has 1 saturated heterocycles. The molecular weight excluding hydrogens is 306 g/mol. The fourth-order valence-corrected chi connectivity index (χ4v) is 3.58. The molecule has 1 aliphatic carbocycles. The zero-order valence-electron chi connectivity index (χ0n) is 14.4. The molecule has 2 heterocycles. The van der Waals surface area contributed by atoms with Crippen molar-refractivity contribution in [1.82, 2.24) is 24.9 Å². The van der Waals surface area contributed by atoms with E-state index in [0.717, 1.165) is 19.3 Å². The predicted octanol–water partition coefficient (Wildman–Crippen LogP) is 1.61. The third-order valence-electron chi connectivity index (χ3n) is 5.04. The van der Waals surface area contributed by atoms with Gasteiger partial charge in [-0.3, -0.25) is 9.48 Å².